The predicted octanol–water partition coefficient (Wildman–Crippen LogP) is 4.34. The number of hydrogen-bond acceptors (Lipinski definition) is 4. The average Bonchev–Trinajstić information content (AvgIpc) is 2.45. The van der Waals surface area contributed by atoms with E-state index in [2.05, 4.69) is 5.32 Å². The summed E-state index contributed by atoms with van der Waals surface area (Å²) in [7, 11) is 1.48. The van der Waals surface area contributed by atoms with E-state index < -0.39 is 23.7 Å². The lowest BCUT2D eigenvalue weighted by atomic mass is 9.98. The van der Waals surface area contributed by atoms with E-state index in [1.54, 1.807) is 40.7 Å². The van der Waals surface area contributed by atoms with E-state index in [4.69, 9.17) is 26.2 Å². The Labute approximate surface area is 152 Å². The molecule has 0 spiro atoms. The molecule has 2 N–H and O–H groups in total. The van der Waals surface area contributed by atoms with E-state index in [0.29, 0.717) is 27.5 Å². The highest BCUT2D eigenvalue weighted by Crippen LogP contribution is 2.36. The molecule has 0 fully saturated rings. The maximum Gasteiger partial charge on any atom is 0.408 e. The zero-order valence-corrected chi connectivity index (χ0v) is 16.0. The molecule has 1 rings (SSSR count). The van der Waals surface area contributed by atoms with Crippen molar-refractivity contribution in [3.05, 3.63) is 33.9 Å². The van der Waals surface area contributed by atoms with Crippen molar-refractivity contribution in [2.75, 3.05) is 7.11 Å². The van der Waals surface area contributed by atoms with Gasteiger partial charge < -0.3 is 19.9 Å². The molecule has 1 aromatic carbocycles. The number of alkyl carbamates (subject to hydrolysis) is 1. The fourth-order valence-electron chi connectivity index (χ4n) is 2.23. The quantitative estimate of drug-likeness (QED) is 0.754. The van der Waals surface area contributed by atoms with Crippen molar-refractivity contribution in [1.29, 1.82) is 0 Å². The van der Waals surface area contributed by atoms with Crippen molar-refractivity contribution in [2.45, 2.75) is 46.3 Å². The Balaban J connectivity index is 3.26. The number of carboxylic acids is 1. The summed E-state index contributed by atoms with van der Waals surface area (Å²) in [5.74, 6) is -0.633. The SMILES string of the molecule is COc1c(C(C)NC(=O)OC(C)(C)C)cc(Cl)c(C)c1C=CC(=O)O. The molecule has 6 nitrogen and oxygen atoms in total. The Morgan fingerprint density at radius 1 is 1.36 bits per heavy atom. The second-order valence-electron chi connectivity index (χ2n) is 6.56. The van der Waals surface area contributed by atoms with E-state index >= 15 is 0 Å². The molecular formula is C18H24ClNO5. The Kier molecular flexibility index (Phi) is 6.87. The fraction of sp³-hybridized carbons (Fsp3) is 0.444. The monoisotopic (exact) mass is 369 g/mol. The Morgan fingerprint density at radius 2 is 1.96 bits per heavy atom. The summed E-state index contributed by atoms with van der Waals surface area (Å²) in [4.78, 5) is 22.8. The van der Waals surface area contributed by atoms with Gasteiger partial charge in [0.05, 0.1) is 13.2 Å². The second-order valence-corrected chi connectivity index (χ2v) is 6.97. The number of amides is 1. The van der Waals surface area contributed by atoms with Gasteiger partial charge in [-0.3, -0.25) is 0 Å². The van der Waals surface area contributed by atoms with Crippen molar-refractivity contribution in [1.82, 2.24) is 5.32 Å². The summed E-state index contributed by atoms with van der Waals surface area (Å²) < 4.78 is 10.7. The molecule has 138 valence electrons. The second kappa shape index (κ2) is 8.25. The first kappa shape index (κ1) is 20.8. The summed E-state index contributed by atoms with van der Waals surface area (Å²) in [6.45, 7) is 8.85. The van der Waals surface area contributed by atoms with Gasteiger partial charge in [-0.05, 0) is 52.3 Å². The number of hydrogen-bond donors (Lipinski definition) is 2. The molecule has 0 aliphatic heterocycles. The van der Waals surface area contributed by atoms with E-state index in [9.17, 15) is 9.59 Å². The summed E-state index contributed by atoms with van der Waals surface area (Å²) in [5, 5.41) is 12.0. The molecule has 0 aromatic heterocycles. The van der Waals surface area contributed by atoms with Crippen LogP contribution in [0.25, 0.3) is 6.08 Å². The van der Waals surface area contributed by atoms with Crippen molar-refractivity contribution in [3.8, 4) is 5.75 Å². The highest BCUT2D eigenvalue weighted by Gasteiger charge is 2.22. The maximum absolute atomic E-state index is 12.0. The predicted molar refractivity (Wildman–Crippen MR) is 97.2 cm³/mol. The number of ether oxygens (including phenoxy) is 2. The summed E-state index contributed by atoms with van der Waals surface area (Å²) in [6, 6.07) is 1.23. The van der Waals surface area contributed by atoms with Gasteiger partial charge in [-0.15, -0.1) is 0 Å². The first-order valence-electron chi connectivity index (χ1n) is 7.73. The van der Waals surface area contributed by atoms with E-state index in [0.717, 1.165) is 6.08 Å². The van der Waals surface area contributed by atoms with Gasteiger partial charge in [0.2, 0.25) is 0 Å². The standard InChI is InChI=1S/C18H24ClNO5/c1-10-12(7-8-15(21)22)16(24-6)13(9-14(10)19)11(2)20-17(23)25-18(3,4)5/h7-9,11H,1-6H3,(H,20,23)(H,21,22). The minimum atomic E-state index is -1.08. The lowest BCUT2D eigenvalue weighted by molar-refractivity contribution is -0.131. The van der Waals surface area contributed by atoms with Crippen LogP contribution in [0.4, 0.5) is 4.79 Å². The Hall–Kier alpha value is -2.21. The molecule has 1 atom stereocenters. The normalized spacial score (nSPS) is 12.8. The lowest BCUT2D eigenvalue weighted by Crippen LogP contribution is -2.34. The summed E-state index contributed by atoms with van der Waals surface area (Å²) in [5.41, 5.74) is 1.23. The summed E-state index contributed by atoms with van der Waals surface area (Å²) >= 11 is 6.27. The number of carboxylic acid groups (broad SMARTS) is 1. The molecule has 7 heteroatoms. The molecule has 0 heterocycles. The topological polar surface area (TPSA) is 84.9 Å². The number of halogens is 1. The van der Waals surface area contributed by atoms with Crippen molar-refractivity contribution in [3.63, 3.8) is 0 Å². The van der Waals surface area contributed by atoms with Crippen LogP contribution in [-0.4, -0.2) is 29.9 Å². The van der Waals surface area contributed by atoms with Crippen molar-refractivity contribution >= 4 is 29.7 Å². The van der Waals surface area contributed by atoms with Gasteiger partial charge >= 0.3 is 12.1 Å². The molecule has 1 unspecified atom stereocenters. The van der Waals surface area contributed by atoms with Crippen LogP contribution in [0.5, 0.6) is 5.75 Å². The third kappa shape index (κ3) is 5.98. The smallest absolute Gasteiger partial charge is 0.408 e. The van der Waals surface area contributed by atoms with Gasteiger partial charge in [0.1, 0.15) is 11.4 Å². The number of rotatable bonds is 5. The van der Waals surface area contributed by atoms with E-state index in [1.807, 2.05) is 0 Å². The van der Waals surface area contributed by atoms with E-state index in [1.165, 1.54) is 13.2 Å². The first-order chi connectivity index (χ1) is 11.5. The van der Waals surface area contributed by atoms with Crippen molar-refractivity contribution in [2.24, 2.45) is 0 Å². The number of carbonyl (C=O) groups excluding carboxylic acids is 1. The first-order valence-corrected chi connectivity index (χ1v) is 8.11. The fourth-order valence-corrected chi connectivity index (χ4v) is 2.45. The molecule has 0 radical (unpaired) electrons. The largest absolute Gasteiger partial charge is 0.496 e. The molecule has 0 bridgehead atoms. The molecule has 0 saturated carbocycles. The third-order valence-electron chi connectivity index (χ3n) is 3.35. The molecular weight excluding hydrogens is 346 g/mol. The molecule has 0 aliphatic rings. The van der Waals surface area contributed by atoms with Crippen LogP contribution in [0.2, 0.25) is 5.02 Å². The average molecular weight is 370 g/mol. The maximum atomic E-state index is 12.0. The number of carbonyl (C=O) groups is 2. The molecule has 25 heavy (non-hydrogen) atoms. The Morgan fingerprint density at radius 3 is 2.44 bits per heavy atom. The number of nitrogens with one attached hydrogen (secondary N) is 1. The number of aliphatic carboxylic acids is 1. The van der Waals surface area contributed by atoms with Gasteiger partial charge in [0, 0.05) is 22.2 Å². The lowest BCUT2D eigenvalue weighted by Gasteiger charge is -2.24. The zero-order chi connectivity index (χ0) is 19.4. The number of benzene rings is 1. The third-order valence-corrected chi connectivity index (χ3v) is 3.74. The number of methoxy groups -OCH3 is 1. The van der Waals surface area contributed by atoms with Gasteiger partial charge in [0.15, 0.2) is 0 Å². The molecule has 0 aliphatic carbocycles. The van der Waals surface area contributed by atoms with Crippen LogP contribution in [-0.2, 0) is 9.53 Å². The zero-order valence-electron chi connectivity index (χ0n) is 15.3. The van der Waals surface area contributed by atoms with Crippen LogP contribution in [0.15, 0.2) is 12.1 Å². The minimum absolute atomic E-state index is 0.443. The minimum Gasteiger partial charge on any atom is -0.496 e. The van der Waals surface area contributed by atoms with E-state index in [-0.39, 0.29) is 0 Å². The molecule has 1 aromatic rings. The molecule has 1 amide bonds. The highest BCUT2D eigenvalue weighted by atomic mass is 35.5. The van der Waals surface area contributed by atoms with Gasteiger partial charge in [-0.25, -0.2) is 9.59 Å². The molecule has 0 saturated heterocycles. The van der Waals surface area contributed by atoms with Crippen LogP contribution < -0.4 is 10.1 Å². The highest BCUT2D eigenvalue weighted by molar-refractivity contribution is 6.31. The van der Waals surface area contributed by atoms with Crippen LogP contribution >= 0.6 is 11.6 Å². The van der Waals surface area contributed by atoms with Gasteiger partial charge in [-0.1, -0.05) is 11.6 Å². The Bertz CT molecular complexity index is 692. The van der Waals surface area contributed by atoms with Gasteiger partial charge in [0.25, 0.3) is 0 Å². The van der Waals surface area contributed by atoms with Crippen LogP contribution in [0, 0.1) is 6.92 Å². The van der Waals surface area contributed by atoms with Crippen LogP contribution in [0.1, 0.15) is 50.4 Å². The van der Waals surface area contributed by atoms with Gasteiger partial charge in [-0.2, -0.15) is 0 Å². The summed E-state index contributed by atoms with van der Waals surface area (Å²) in [6.07, 6.45) is 1.87. The van der Waals surface area contributed by atoms with Crippen LogP contribution in [0.3, 0.4) is 0 Å². The van der Waals surface area contributed by atoms with Crippen molar-refractivity contribution < 1.29 is 24.2 Å².